The number of hydrogen-bond acceptors (Lipinski definition) is 8. The summed E-state index contributed by atoms with van der Waals surface area (Å²) in [5.74, 6) is 0.0550. The molecule has 154 valence electrons. The molecule has 1 aliphatic rings. The molecule has 1 saturated heterocycles. The number of rotatable bonds is 5. The van der Waals surface area contributed by atoms with Crippen molar-refractivity contribution in [2.75, 3.05) is 0 Å². The summed E-state index contributed by atoms with van der Waals surface area (Å²) in [4.78, 5) is 26.9. The van der Waals surface area contributed by atoms with E-state index in [1.54, 1.807) is 31.2 Å². The van der Waals surface area contributed by atoms with E-state index in [0.717, 1.165) is 10.5 Å². The summed E-state index contributed by atoms with van der Waals surface area (Å²) in [5.41, 5.74) is 0.747. The topological polar surface area (TPSA) is 132 Å². The van der Waals surface area contributed by atoms with Crippen LogP contribution >= 0.6 is 0 Å². The number of hydrogen-bond donors (Lipinski definition) is 1. The highest BCUT2D eigenvalue weighted by Gasteiger charge is 2.49. The Hall–Kier alpha value is -4.41. The molecule has 3 amide bonds. The molecule has 0 bridgehead atoms. The zero-order valence-corrected chi connectivity index (χ0v) is 16.3. The van der Waals surface area contributed by atoms with Gasteiger partial charge in [-0.3, -0.25) is 9.69 Å². The number of nitrogens with one attached hydrogen (secondary N) is 1. The first-order valence-electron chi connectivity index (χ1n) is 9.40. The molecule has 5 rings (SSSR count). The number of imide groups is 1. The lowest BCUT2D eigenvalue weighted by Gasteiger charge is -2.22. The number of nitrogens with zero attached hydrogens (tertiary/aromatic N) is 7. The highest BCUT2D eigenvalue weighted by atomic mass is 16.4. The van der Waals surface area contributed by atoms with Gasteiger partial charge >= 0.3 is 6.03 Å². The van der Waals surface area contributed by atoms with Crippen molar-refractivity contribution < 1.29 is 14.0 Å². The van der Waals surface area contributed by atoms with Crippen LogP contribution in [-0.4, -0.2) is 47.2 Å². The maximum Gasteiger partial charge on any atom is 0.325 e. The summed E-state index contributed by atoms with van der Waals surface area (Å²) < 4.78 is 7.12. The zero-order valence-electron chi connectivity index (χ0n) is 16.3. The molecule has 1 atom stereocenters. The Morgan fingerprint density at radius 3 is 2.68 bits per heavy atom. The van der Waals surface area contributed by atoms with Crippen LogP contribution in [0.25, 0.3) is 17.1 Å². The van der Waals surface area contributed by atoms with Crippen LogP contribution in [0.15, 0.2) is 65.3 Å². The fraction of sp³-hybridized carbons (Fsp3) is 0.150. The van der Waals surface area contributed by atoms with E-state index in [0.29, 0.717) is 17.1 Å². The van der Waals surface area contributed by atoms with Crippen LogP contribution in [0, 0.1) is 0 Å². The summed E-state index contributed by atoms with van der Waals surface area (Å²) in [7, 11) is 0. The Morgan fingerprint density at radius 1 is 1.06 bits per heavy atom. The molecule has 1 N–H and O–H groups in total. The minimum Gasteiger partial charge on any atom is -0.419 e. The number of benzene rings is 2. The van der Waals surface area contributed by atoms with Crippen LogP contribution in [-0.2, 0) is 16.9 Å². The maximum absolute atomic E-state index is 13.2. The van der Waals surface area contributed by atoms with Crippen molar-refractivity contribution in [3.63, 3.8) is 0 Å². The Balaban J connectivity index is 1.40. The molecule has 11 nitrogen and oxygen atoms in total. The third-order valence-electron chi connectivity index (χ3n) is 5.09. The molecule has 0 spiro atoms. The Kier molecular flexibility index (Phi) is 4.28. The molecular weight excluding hydrogens is 400 g/mol. The van der Waals surface area contributed by atoms with Gasteiger partial charge in [0.1, 0.15) is 18.4 Å². The normalized spacial score (nSPS) is 18.4. The first-order chi connectivity index (χ1) is 15.0. The quantitative estimate of drug-likeness (QED) is 0.486. The van der Waals surface area contributed by atoms with Gasteiger partial charge in [-0.2, -0.15) is 0 Å². The van der Waals surface area contributed by atoms with Crippen molar-refractivity contribution >= 4 is 11.9 Å². The molecule has 31 heavy (non-hydrogen) atoms. The summed E-state index contributed by atoms with van der Waals surface area (Å²) in [6.45, 7) is 1.52. The lowest BCUT2D eigenvalue weighted by atomic mass is 9.91. The maximum atomic E-state index is 13.2. The van der Waals surface area contributed by atoms with Crippen molar-refractivity contribution in [3.8, 4) is 17.1 Å². The molecule has 3 heterocycles. The van der Waals surface area contributed by atoms with Crippen molar-refractivity contribution in [2.45, 2.75) is 19.0 Å². The predicted molar refractivity (Wildman–Crippen MR) is 105 cm³/mol. The average molecular weight is 416 g/mol. The van der Waals surface area contributed by atoms with Gasteiger partial charge in [0, 0.05) is 5.56 Å². The van der Waals surface area contributed by atoms with Crippen LogP contribution in [0.2, 0.25) is 0 Å². The van der Waals surface area contributed by atoms with E-state index >= 15 is 0 Å². The molecule has 4 aromatic rings. The van der Waals surface area contributed by atoms with Gasteiger partial charge in [0.05, 0.1) is 5.69 Å². The van der Waals surface area contributed by atoms with Gasteiger partial charge in [0.25, 0.3) is 5.91 Å². The third-order valence-corrected chi connectivity index (χ3v) is 5.09. The summed E-state index contributed by atoms with van der Waals surface area (Å²) in [5, 5.41) is 21.8. The van der Waals surface area contributed by atoms with Gasteiger partial charge < -0.3 is 9.73 Å². The lowest BCUT2D eigenvalue weighted by Crippen LogP contribution is -2.40. The Bertz CT molecular complexity index is 1250. The van der Waals surface area contributed by atoms with Crippen LogP contribution in [0.4, 0.5) is 4.79 Å². The fourth-order valence-electron chi connectivity index (χ4n) is 3.43. The van der Waals surface area contributed by atoms with E-state index in [9.17, 15) is 9.59 Å². The van der Waals surface area contributed by atoms with Crippen LogP contribution in [0.3, 0.4) is 0 Å². The number of urea groups is 1. The number of aromatic nitrogens is 6. The van der Waals surface area contributed by atoms with Crippen molar-refractivity contribution in [1.29, 1.82) is 0 Å². The second kappa shape index (κ2) is 7.13. The van der Waals surface area contributed by atoms with Crippen LogP contribution in [0.5, 0.6) is 0 Å². The number of carbonyl (C=O) groups excluding carboxylic acids is 2. The Morgan fingerprint density at radius 2 is 1.90 bits per heavy atom. The summed E-state index contributed by atoms with van der Waals surface area (Å²) >= 11 is 0. The molecule has 11 heteroatoms. The lowest BCUT2D eigenvalue weighted by molar-refractivity contribution is -0.131. The third kappa shape index (κ3) is 3.21. The molecule has 0 saturated carbocycles. The summed E-state index contributed by atoms with van der Waals surface area (Å²) in [6, 6.07) is 15.8. The van der Waals surface area contributed by atoms with Gasteiger partial charge in [-0.05, 0) is 47.2 Å². The second-order valence-electron chi connectivity index (χ2n) is 7.12. The number of carbonyl (C=O) groups is 2. The molecule has 2 aromatic heterocycles. The second-order valence-corrected chi connectivity index (χ2v) is 7.12. The van der Waals surface area contributed by atoms with E-state index in [1.807, 2.05) is 30.3 Å². The van der Waals surface area contributed by atoms with E-state index < -0.39 is 17.5 Å². The van der Waals surface area contributed by atoms with E-state index in [-0.39, 0.29) is 12.4 Å². The van der Waals surface area contributed by atoms with Gasteiger partial charge in [-0.1, -0.05) is 30.3 Å². The van der Waals surface area contributed by atoms with E-state index in [4.69, 9.17) is 4.42 Å². The van der Waals surface area contributed by atoms with Gasteiger partial charge in [-0.15, -0.1) is 15.3 Å². The molecular formula is C20H16N8O3. The van der Waals surface area contributed by atoms with Crippen LogP contribution < -0.4 is 5.32 Å². The zero-order chi connectivity index (χ0) is 21.4. The van der Waals surface area contributed by atoms with E-state index in [1.165, 1.54) is 11.0 Å². The minimum absolute atomic E-state index is 0.132. The summed E-state index contributed by atoms with van der Waals surface area (Å²) in [6.07, 6.45) is 1.45. The minimum atomic E-state index is -1.26. The molecule has 0 aliphatic carbocycles. The van der Waals surface area contributed by atoms with Gasteiger partial charge in [0.15, 0.2) is 0 Å². The van der Waals surface area contributed by atoms with Crippen molar-refractivity contribution in [2.24, 2.45) is 0 Å². The predicted octanol–water partition coefficient (Wildman–Crippen LogP) is 1.68. The van der Waals surface area contributed by atoms with Gasteiger partial charge in [-0.25, -0.2) is 9.48 Å². The monoisotopic (exact) mass is 416 g/mol. The van der Waals surface area contributed by atoms with Crippen molar-refractivity contribution in [1.82, 2.24) is 40.6 Å². The fourth-order valence-corrected chi connectivity index (χ4v) is 3.43. The number of tetrazole rings is 1. The van der Waals surface area contributed by atoms with E-state index in [2.05, 4.69) is 31.0 Å². The SMILES string of the molecule is CC1(c2cccc(-n3cnnn3)c2)NC(=O)N(Cc2nnc(-c3ccccc3)o2)C1=O. The average Bonchev–Trinajstić information content (AvgIpc) is 3.53. The molecule has 1 aliphatic heterocycles. The largest absolute Gasteiger partial charge is 0.419 e. The first-order valence-corrected chi connectivity index (χ1v) is 9.40. The molecule has 1 unspecified atom stereocenters. The van der Waals surface area contributed by atoms with Crippen molar-refractivity contribution in [3.05, 3.63) is 72.4 Å². The molecule has 2 aromatic carbocycles. The van der Waals surface area contributed by atoms with Gasteiger partial charge in [0.2, 0.25) is 11.8 Å². The van der Waals surface area contributed by atoms with Crippen LogP contribution in [0.1, 0.15) is 18.4 Å². The molecule has 1 fully saturated rings. The molecule has 0 radical (unpaired) electrons. The smallest absolute Gasteiger partial charge is 0.325 e. The Labute approximate surface area is 175 Å². The first kappa shape index (κ1) is 18.6. The number of amides is 3. The highest BCUT2D eigenvalue weighted by Crippen LogP contribution is 2.31. The standard InChI is InChI=1S/C20H16N8O3/c1-20(14-8-5-9-15(10-14)28-12-21-25-26-28)18(29)27(19(30)22-20)11-16-23-24-17(31-16)13-6-3-2-4-7-13/h2-10,12H,11H2,1H3,(H,22,30). The highest BCUT2D eigenvalue weighted by molar-refractivity contribution is 6.07.